The van der Waals surface area contributed by atoms with Crippen LogP contribution in [-0.2, 0) is 11.3 Å². The number of carbonyl (C=O) groups excluding carboxylic acids is 1. The van der Waals surface area contributed by atoms with E-state index in [-0.39, 0.29) is 5.91 Å². The monoisotopic (exact) mass is 465 g/mol. The Morgan fingerprint density at radius 3 is 2.60 bits per heavy atom. The van der Waals surface area contributed by atoms with Crippen molar-refractivity contribution in [1.29, 1.82) is 5.26 Å². The van der Waals surface area contributed by atoms with Crippen LogP contribution < -0.4 is 4.74 Å². The number of pyridine rings is 1. The molecule has 0 radical (unpaired) electrons. The number of halogens is 1. The number of hydrogen-bond acceptors (Lipinski definition) is 5. The van der Waals surface area contributed by atoms with E-state index in [1.807, 2.05) is 36.4 Å². The second kappa shape index (κ2) is 10.5. The molecule has 0 aliphatic carbocycles. The molecule has 1 aromatic heterocycles. The van der Waals surface area contributed by atoms with Crippen LogP contribution >= 0.6 is 15.9 Å². The van der Waals surface area contributed by atoms with Crippen LogP contribution in [-0.4, -0.2) is 36.1 Å². The zero-order valence-electron chi connectivity index (χ0n) is 16.4. The van der Waals surface area contributed by atoms with Crippen LogP contribution in [0, 0.1) is 11.3 Å². The number of ether oxygens (including phenoxy) is 2. The topological polar surface area (TPSA) is 75.5 Å². The van der Waals surface area contributed by atoms with Crippen molar-refractivity contribution in [2.75, 3.05) is 20.3 Å². The molecule has 2 aromatic carbocycles. The molecule has 3 rings (SSSR count). The minimum Gasteiger partial charge on any atom is -0.439 e. The highest BCUT2D eigenvalue weighted by Crippen LogP contribution is 2.23. The van der Waals surface area contributed by atoms with Gasteiger partial charge in [0.05, 0.1) is 23.8 Å². The fraction of sp³-hybridized carbons (Fsp3) is 0.174. The van der Waals surface area contributed by atoms with E-state index in [1.54, 1.807) is 36.3 Å². The van der Waals surface area contributed by atoms with E-state index in [2.05, 4.69) is 27.0 Å². The molecule has 0 saturated carbocycles. The molecule has 0 bridgehead atoms. The molecule has 0 aliphatic rings. The van der Waals surface area contributed by atoms with Gasteiger partial charge in [0.1, 0.15) is 5.75 Å². The number of amides is 1. The number of nitrogens with zero attached hydrogens (tertiary/aromatic N) is 3. The Labute approximate surface area is 183 Å². The summed E-state index contributed by atoms with van der Waals surface area (Å²) in [6.45, 7) is 1.26. The highest BCUT2D eigenvalue weighted by molar-refractivity contribution is 9.10. The van der Waals surface area contributed by atoms with Gasteiger partial charge in [0.25, 0.3) is 5.91 Å². The lowest BCUT2D eigenvalue weighted by molar-refractivity contribution is 0.0680. The average Bonchev–Trinajstić information content (AvgIpc) is 2.77. The predicted octanol–water partition coefficient (Wildman–Crippen LogP) is 4.80. The van der Waals surface area contributed by atoms with Gasteiger partial charge in [0, 0.05) is 36.9 Å². The van der Waals surface area contributed by atoms with Gasteiger partial charge in [0.15, 0.2) is 0 Å². The summed E-state index contributed by atoms with van der Waals surface area (Å²) in [5.74, 6) is 0.900. The fourth-order valence-electron chi connectivity index (χ4n) is 2.76. The van der Waals surface area contributed by atoms with E-state index in [0.29, 0.717) is 42.5 Å². The normalized spacial score (nSPS) is 10.3. The van der Waals surface area contributed by atoms with E-state index < -0.39 is 0 Å². The molecule has 0 aliphatic heterocycles. The first-order valence-electron chi connectivity index (χ1n) is 9.26. The fourth-order valence-corrected chi connectivity index (χ4v) is 3.14. The van der Waals surface area contributed by atoms with Crippen molar-refractivity contribution >= 4 is 21.8 Å². The summed E-state index contributed by atoms with van der Waals surface area (Å²) < 4.78 is 11.8. The second-order valence-corrected chi connectivity index (χ2v) is 7.39. The lowest BCUT2D eigenvalue weighted by Gasteiger charge is -2.22. The smallest absolute Gasteiger partial charge is 0.255 e. The Kier molecular flexibility index (Phi) is 7.55. The largest absolute Gasteiger partial charge is 0.439 e. The van der Waals surface area contributed by atoms with Crippen LogP contribution in [0.25, 0.3) is 0 Å². The number of aromatic nitrogens is 1. The molecule has 30 heavy (non-hydrogen) atoms. The van der Waals surface area contributed by atoms with E-state index >= 15 is 0 Å². The zero-order chi connectivity index (χ0) is 21.3. The Morgan fingerprint density at radius 2 is 1.97 bits per heavy atom. The van der Waals surface area contributed by atoms with E-state index in [4.69, 9.17) is 14.7 Å². The molecule has 0 spiro atoms. The van der Waals surface area contributed by atoms with Crippen LogP contribution in [0.5, 0.6) is 11.6 Å². The van der Waals surface area contributed by atoms with Crippen LogP contribution in [0.3, 0.4) is 0 Å². The molecule has 1 heterocycles. The summed E-state index contributed by atoms with van der Waals surface area (Å²) in [7, 11) is 1.60. The molecular formula is C23H20BrN3O3. The van der Waals surface area contributed by atoms with Gasteiger partial charge < -0.3 is 14.4 Å². The maximum absolute atomic E-state index is 13.0. The molecule has 6 nitrogen and oxygen atoms in total. The zero-order valence-corrected chi connectivity index (χ0v) is 18.0. The van der Waals surface area contributed by atoms with Crippen molar-refractivity contribution in [1.82, 2.24) is 9.88 Å². The third-order valence-electron chi connectivity index (χ3n) is 4.31. The number of nitriles is 1. The SMILES string of the molecule is COCCN(Cc1ccc(C#N)cc1)C(=O)c1ccc(Oc2cccc(Br)c2)nc1. The lowest BCUT2D eigenvalue weighted by atomic mass is 10.1. The quantitative estimate of drug-likeness (QED) is 0.477. The van der Waals surface area contributed by atoms with Gasteiger partial charge in [-0.2, -0.15) is 5.26 Å². The van der Waals surface area contributed by atoms with Crippen LogP contribution in [0.2, 0.25) is 0 Å². The van der Waals surface area contributed by atoms with E-state index in [9.17, 15) is 4.79 Å². The van der Waals surface area contributed by atoms with Gasteiger partial charge in [-0.15, -0.1) is 0 Å². The van der Waals surface area contributed by atoms with Gasteiger partial charge in [-0.25, -0.2) is 4.98 Å². The van der Waals surface area contributed by atoms with Crippen molar-refractivity contribution < 1.29 is 14.3 Å². The Balaban J connectivity index is 1.72. The molecule has 0 unspecified atom stereocenters. The van der Waals surface area contributed by atoms with Crippen molar-refractivity contribution in [3.05, 3.63) is 88.0 Å². The van der Waals surface area contributed by atoms with Crippen LogP contribution in [0.1, 0.15) is 21.5 Å². The van der Waals surface area contributed by atoms with Crippen molar-refractivity contribution in [2.24, 2.45) is 0 Å². The first-order valence-corrected chi connectivity index (χ1v) is 10.0. The molecule has 0 N–H and O–H groups in total. The summed E-state index contributed by atoms with van der Waals surface area (Å²) in [6, 6.07) is 20.1. The molecule has 0 atom stereocenters. The molecular weight excluding hydrogens is 446 g/mol. The van der Waals surface area contributed by atoms with Gasteiger partial charge in [-0.05, 0) is 42.0 Å². The highest BCUT2D eigenvalue weighted by atomic mass is 79.9. The second-order valence-electron chi connectivity index (χ2n) is 6.47. The average molecular weight is 466 g/mol. The molecule has 3 aromatic rings. The highest BCUT2D eigenvalue weighted by Gasteiger charge is 2.17. The van der Waals surface area contributed by atoms with Gasteiger partial charge in [-0.1, -0.05) is 34.1 Å². The maximum Gasteiger partial charge on any atom is 0.255 e. The third kappa shape index (κ3) is 5.89. The summed E-state index contributed by atoms with van der Waals surface area (Å²) in [5.41, 5.74) is 1.97. The molecule has 0 fully saturated rings. The minimum atomic E-state index is -0.155. The third-order valence-corrected chi connectivity index (χ3v) is 4.80. The van der Waals surface area contributed by atoms with Gasteiger partial charge in [0.2, 0.25) is 5.88 Å². The summed E-state index contributed by atoms with van der Waals surface area (Å²) >= 11 is 3.40. The lowest BCUT2D eigenvalue weighted by Crippen LogP contribution is -2.33. The number of hydrogen-bond donors (Lipinski definition) is 0. The van der Waals surface area contributed by atoms with Crippen molar-refractivity contribution in [2.45, 2.75) is 6.54 Å². The number of carbonyl (C=O) groups is 1. The number of benzene rings is 2. The summed E-state index contributed by atoms with van der Waals surface area (Å²) in [6.07, 6.45) is 1.51. The standard InChI is InChI=1S/C23H20BrN3O3/c1-29-12-11-27(16-18-7-5-17(14-25)6-8-18)23(28)19-9-10-22(26-15-19)30-21-4-2-3-20(24)13-21/h2-10,13,15H,11-12,16H2,1H3. The predicted molar refractivity (Wildman–Crippen MR) is 116 cm³/mol. The molecule has 7 heteroatoms. The summed E-state index contributed by atoms with van der Waals surface area (Å²) in [4.78, 5) is 19.0. The molecule has 152 valence electrons. The number of rotatable bonds is 8. The van der Waals surface area contributed by atoms with Crippen molar-refractivity contribution in [3.63, 3.8) is 0 Å². The number of methoxy groups -OCH3 is 1. The van der Waals surface area contributed by atoms with Crippen LogP contribution in [0.15, 0.2) is 71.3 Å². The molecule has 1 amide bonds. The summed E-state index contributed by atoms with van der Waals surface area (Å²) in [5, 5.41) is 8.94. The van der Waals surface area contributed by atoms with Gasteiger partial charge >= 0.3 is 0 Å². The Morgan fingerprint density at radius 1 is 1.17 bits per heavy atom. The van der Waals surface area contributed by atoms with Crippen LogP contribution in [0.4, 0.5) is 0 Å². The molecule has 0 saturated heterocycles. The maximum atomic E-state index is 13.0. The van der Waals surface area contributed by atoms with E-state index in [0.717, 1.165) is 10.0 Å². The first kappa shape index (κ1) is 21.5. The first-order chi connectivity index (χ1) is 14.6. The van der Waals surface area contributed by atoms with Crippen molar-refractivity contribution in [3.8, 4) is 17.7 Å². The Hall–Kier alpha value is -3.21. The van der Waals surface area contributed by atoms with E-state index in [1.165, 1.54) is 6.20 Å². The van der Waals surface area contributed by atoms with Gasteiger partial charge in [-0.3, -0.25) is 4.79 Å². The Bertz CT molecular complexity index is 1030. The minimum absolute atomic E-state index is 0.155.